The zero-order valence-electron chi connectivity index (χ0n) is 7.37. The second-order valence-electron chi connectivity index (χ2n) is 2.27. The molecule has 0 fully saturated rings. The van der Waals surface area contributed by atoms with Crippen molar-refractivity contribution in [1.29, 1.82) is 0 Å². The summed E-state index contributed by atoms with van der Waals surface area (Å²) in [4.78, 5) is 22.2. The monoisotopic (exact) mass is 174 g/mol. The lowest BCUT2D eigenvalue weighted by atomic mass is 10.6. The molecule has 1 amide bonds. The molecule has 0 unspecified atom stereocenters. The lowest BCUT2D eigenvalue weighted by Gasteiger charge is -2.15. The van der Waals surface area contributed by atoms with Crippen LogP contribution in [-0.4, -0.2) is 51.1 Å². The van der Waals surface area contributed by atoms with E-state index in [1.165, 1.54) is 4.90 Å². The van der Waals surface area contributed by atoms with E-state index in [2.05, 4.69) is 10.1 Å². The average molecular weight is 174 g/mol. The van der Waals surface area contributed by atoms with Gasteiger partial charge < -0.3 is 15.0 Å². The second-order valence-corrected chi connectivity index (χ2v) is 2.27. The largest absolute Gasteiger partial charge is 0.442 e. The SMILES string of the molecule is CNCCN(C)C(=O)OCC=O. The molecule has 1 N–H and O–H groups in total. The molecule has 0 saturated carbocycles. The summed E-state index contributed by atoms with van der Waals surface area (Å²) in [5, 5.41) is 2.89. The van der Waals surface area contributed by atoms with Crippen LogP contribution in [0.25, 0.3) is 0 Å². The minimum atomic E-state index is -0.475. The summed E-state index contributed by atoms with van der Waals surface area (Å²) in [7, 11) is 3.41. The number of hydrogen-bond acceptors (Lipinski definition) is 4. The number of ether oxygens (including phenoxy) is 1. The highest BCUT2D eigenvalue weighted by atomic mass is 16.6. The van der Waals surface area contributed by atoms with E-state index in [0.29, 0.717) is 19.4 Å². The first-order valence-corrected chi connectivity index (χ1v) is 3.68. The lowest BCUT2D eigenvalue weighted by Crippen LogP contribution is -2.33. The molecule has 0 heterocycles. The first kappa shape index (κ1) is 10.9. The zero-order valence-corrected chi connectivity index (χ0v) is 7.37. The Bertz CT molecular complexity index is 150. The van der Waals surface area contributed by atoms with Crippen molar-refractivity contribution >= 4 is 12.4 Å². The molecule has 5 heteroatoms. The van der Waals surface area contributed by atoms with E-state index in [1.807, 2.05) is 0 Å². The molecule has 5 nitrogen and oxygen atoms in total. The maximum absolute atomic E-state index is 10.9. The van der Waals surface area contributed by atoms with Crippen molar-refractivity contribution in [3.63, 3.8) is 0 Å². The third-order valence-electron chi connectivity index (χ3n) is 1.28. The molecule has 0 rings (SSSR count). The number of likely N-dealkylation sites (N-methyl/N-ethyl adjacent to an activating group) is 2. The number of carbonyl (C=O) groups is 2. The van der Waals surface area contributed by atoms with Crippen LogP contribution in [0.1, 0.15) is 0 Å². The predicted molar refractivity (Wildman–Crippen MR) is 44.0 cm³/mol. The molecule has 0 aliphatic heterocycles. The van der Waals surface area contributed by atoms with Crippen molar-refractivity contribution in [1.82, 2.24) is 10.2 Å². The van der Waals surface area contributed by atoms with Gasteiger partial charge in [-0.1, -0.05) is 0 Å². The van der Waals surface area contributed by atoms with Gasteiger partial charge in [-0.15, -0.1) is 0 Å². The Morgan fingerprint density at radius 3 is 2.83 bits per heavy atom. The van der Waals surface area contributed by atoms with Crippen LogP contribution in [-0.2, 0) is 9.53 Å². The van der Waals surface area contributed by atoms with E-state index < -0.39 is 6.09 Å². The van der Waals surface area contributed by atoms with Crippen LogP contribution < -0.4 is 5.32 Å². The fourth-order valence-corrected chi connectivity index (χ4v) is 0.586. The summed E-state index contributed by atoms with van der Waals surface area (Å²) >= 11 is 0. The van der Waals surface area contributed by atoms with Crippen LogP contribution in [0.15, 0.2) is 0 Å². The van der Waals surface area contributed by atoms with E-state index in [-0.39, 0.29) is 6.61 Å². The molecule has 0 atom stereocenters. The molecular formula is C7H14N2O3. The van der Waals surface area contributed by atoms with Gasteiger partial charge in [0, 0.05) is 20.1 Å². The van der Waals surface area contributed by atoms with Gasteiger partial charge in [0.15, 0.2) is 6.29 Å². The Kier molecular flexibility index (Phi) is 6.00. The van der Waals surface area contributed by atoms with E-state index in [9.17, 15) is 9.59 Å². The van der Waals surface area contributed by atoms with E-state index in [0.717, 1.165) is 0 Å². The highest BCUT2D eigenvalue weighted by Gasteiger charge is 2.07. The topological polar surface area (TPSA) is 58.6 Å². The summed E-state index contributed by atoms with van der Waals surface area (Å²) in [5.74, 6) is 0. The van der Waals surface area contributed by atoms with Crippen molar-refractivity contribution in [2.24, 2.45) is 0 Å². The first-order chi connectivity index (χ1) is 5.72. The highest BCUT2D eigenvalue weighted by molar-refractivity contribution is 5.69. The van der Waals surface area contributed by atoms with Crippen LogP contribution in [0.2, 0.25) is 0 Å². The summed E-state index contributed by atoms with van der Waals surface area (Å²) in [6.07, 6.45) is 0.0708. The van der Waals surface area contributed by atoms with Crippen LogP contribution in [0, 0.1) is 0 Å². The number of nitrogens with one attached hydrogen (secondary N) is 1. The highest BCUT2D eigenvalue weighted by Crippen LogP contribution is 1.87. The number of hydrogen-bond donors (Lipinski definition) is 1. The fraction of sp³-hybridized carbons (Fsp3) is 0.714. The molecule has 0 saturated heterocycles. The Labute approximate surface area is 71.7 Å². The minimum absolute atomic E-state index is 0.178. The number of amides is 1. The molecule has 0 bridgehead atoms. The Balaban J connectivity index is 3.53. The molecule has 70 valence electrons. The smallest absolute Gasteiger partial charge is 0.409 e. The van der Waals surface area contributed by atoms with Crippen LogP contribution in [0.4, 0.5) is 4.79 Å². The lowest BCUT2D eigenvalue weighted by molar-refractivity contribution is -0.110. The summed E-state index contributed by atoms with van der Waals surface area (Å²) in [5.41, 5.74) is 0. The van der Waals surface area contributed by atoms with Gasteiger partial charge in [0.25, 0.3) is 0 Å². The molecule has 0 aliphatic carbocycles. The fourth-order valence-electron chi connectivity index (χ4n) is 0.586. The summed E-state index contributed by atoms with van der Waals surface area (Å²) in [6.45, 7) is 1.09. The predicted octanol–water partition coefficient (Wildman–Crippen LogP) is -0.527. The standard InChI is InChI=1S/C7H14N2O3/c1-8-3-4-9(2)7(11)12-6-5-10/h5,8H,3-4,6H2,1-2H3. The van der Waals surface area contributed by atoms with Crippen molar-refractivity contribution in [2.45, 2.75) is 0 Å². The Morgan fingerprint density at radius 2 is 2.33 bits per heavy atom. The average Bonchev–Trinajstić information content (AvgIpc) is 2.10. The first-order valence-electron chi connectivity index (χ1n) is 3.68. The Hall–Kier alpha value is -1.10. The van der Waals surface area contributed by atoms with Crippen molar-refractivity contribution in [2.75, 3.05) is 33.8 Å². The van der Waals surface area contributed by atoms with Crippen molar-refractivity contribution < 1.29 is 14.3 Å². The van der Waals surface area contributed by atoms with Gasteiger partial charge in [-0.3, -0.25) is 4.79 Å². The zero-order chi connectivity index (χ0) is 9.40. The van der Waals surface area contributed by atoms with Gasteiger partial charge in [0.2, 0.25) is 0 Å². The van der Waals surface area contributed by atoms with E-state index >= 15 is 0 Å². The Morgan fingerprint density at radius 1 is 1.67 bits per heavy atom. The molecular weight excluding hydrogens is 160 g/mol. The van der Waals surface area contributed by atoms with Crippen LogP contribution in [0.5, 0.6) is 0 Å². The maximum atomic E-state index is 10.9. The number of carbonyl (C=O) groups excluding carboxylic acids is 2. The molecule has 0 aromatic rings. The maximum Gasteiger partial charge on any atom is 0.409 e. The minimum Gasteiger partial charge on any atom is -0.442 e. The van der Waals surface area contributed by atoms with Crippen molar-refractivity contribution in [3.8, 4) is 0 Å². The van der Waals surface area contributed by atoms with Gasteiger partial charge in [0.1, 0.15) is 6.61 Å². The molecule has 0 spiro atoms. The van der Waals surface area contributed by atoms with Gasteiger partial charge in [-0.05, 0) is 7.05 Å². The second kappa shape index (κ2) is 6.60. The van der Waals surface area contributed by atoms with E-state index in [1.54, 1.807) is 14.1 Å². The number of rotatable bonds is 5. The van der Waals surface area contributed by atoms with Crippen LogP contribution >= 0.6 is 0 Å². The van der Waals surface area contributed by atoms with Gasteiger partial charge in [-0.25, -0.2) is 4.79 Å². The molecule has 0 aromatic heterocycles. The molecule has 0 radical (unpaired) electrons. The quantitative estimate of drug-likeness (QED) is 0.569. The van der Waals surface area contributed by atoms with E-state index in [4.69, 9.17) is 0 Å². The van der Waals surface area contributed by atoms with Crippen LogP contribution in [0.3, 0.4) is 0 Å². The van der Waals surface area contributed by atoms with Gasteiger partial charge >= 0.3 is 6.09 Å². The third-order valence-corrected chi connectivity index (χ3v) is 1.28. The third kappa shape index (κ3) is 4.68. The molecule has 0 aliphatic rings. The molecule has 0 aromatic carbocycles. The normalized spacial score (nSPS) is 9.17. The summed E-state index contributed by atoms with van der Waals surface area (Å²) in [6, 6.07) is 0. The van der Waals surface area contributed by atoms with Gasteiger partial charge in [0.05, 0.1) is 0 Å². The number of aldehydes is 1. The van der Waals surface area contributed by atoms with Gasteiger partial charge in [-0.2, -0.15) is 0 Å². The van der Waals surface area contributed by atoms with Crippen molar-refractivity contribution in [3.05, 3.63) is 0 Å². The number of nitrogens with zero attached hydrogens (tertiary/aromatic N) is 1. The summed E-state index contributed by atoms with van der Waals surface area (Å²) < 4.78 is 4.54. The molecule has 12 heavy (non-hydrogen) atoms.